The first kappa shape index (κ1) is 28.7. The molecule has 214 valence electrons. The lowest BCUT2D eigenvalue weighted by Crippen LogP contribution is -2.60. The number of halogens is 1. The fourth-order valence-corrected chi connectivity index (χ4v) is 6.23. The second-order valence-corrected chi connectivity index (χ2v) is 12.3. The maximum Gasteiger partial charge on any atom is 0.244 e. The van der Waals surface area contributed by atoms with Gasteiger partial charge in [-0.15, -0.1) is 0 Å². The Morgan fingerprint density at radius 3 is 2.88 bits per heavy atom. The Morgan fingerprint density at radius 2 is 2.08 bits per heavy atom. The maximum absolute atomic E-state index is 13.7. The van der Waals surface area contributed by atoms with Gasteiger partial charge in [-0.05, 0) is 67.5 Å². The normalized spacial score (nSPS) is 21.4. The number of rotatable bonds is 7. The topological polar surface area (TPSA) is 140 Å². The van der Waals surface area contributed by atoms with Gasteiger partial charge in [0.1, 0.15) is 6.04 Å². The number of fused-ring (bicyclic) bond motifs is 3. The van der Waals surface area contributed by atoms with E-state index in [-0.39, 0.29) is 49.9 Å². The molecule has 0 spiro atoms. The van der Waals surface area contributed by atoms with Gasteiger partial charge in [-0.25, -0.2) is 0 Å². The van der Waals surface area contributed by atoms with E-state index in [0.717, 1.165) is 31.8 Å². The number of hydrogen-bond donors (Lipinski definition) is 4. The van der Waals surface area contributed by atoms with E-state index >= 15 is 0 Å². The molecule has 0 aliphatic carbocycles. The molecule has 4 heterocycles. The number of piperidine rings is 1. The molecule has 0 radical (unpaired) electrons. The third-order valence-electron chi connectivity index (χ3n) is 7.59. The Kier molecular flexibility index (Phi) is 8.59. The minimum atomic E-state index is -0.663. The van der Waals surface area contributed by atoms with Crippen LogP contribution in [-0.2, 0) is 19.1 Å². The van der Waals surface area contributed by atoms with Crippen LogP contribution in [0.3, 0.4) is 0 Å². The van der Waals surface area contributed by atoms with Gasteiger partial charge in [-0.3, -0.25) is 24.3 Å². The van der Waals surface area contributed by atoms with Gasteiger partial charge in [0.05, 0.1) is 54.2 Å². The summed E-state index contributed by atoms with van der Waals surface area (Å²) in [5.41, 5.74) is 1.84. The molecule has 2 aromatic heterocycles. The molecule has 0 bridgehead atoms. The molecule has 1 unspecified atom stereocenters. The molecule has 12 heteroatoms. The van der Waals surface area contributed by atoms with E-state index in [4.69, 9.17) is 9.84 Å². The minimum Gasteiger partial charge on any atom is -0.395 e. The molecule has 2 fully saturated rings. The first-order valence-electron chi connectivity index (χ1n) is 13.6. The standard InChI is InChI=1S/C28H35IN6O5/c1-28(2)16-35(14-24(37)34-8-3-4-17(13-34)26(38)31-7-9-36)23(15-40-28)27(39)33-21-11-18(29)10-20-19-5-6-30-12-22(19)32-25(20)21/h5-6,10-12,17,23,32,36H,3-4,7-9,13-16H2,1-2H3,(H,31,38)(H,33,39)/t17?,23-/m0/s1. The smallest absolute Gasteiger partial charge is 0.244 e. The van der Waals surface area contributed by atoms with Crippen molar-refractivity contribution in [2.75, 3.05) is 51.3 Å². The van der Waals surface area contributed by atoms with Gasteiger partial charge in [0.15, 0.2) is 0 Å². The van der Waals surface area contributed by atoms with E-state index in [9.17, 15) is 14.4 Å². The van der Waals surface area contributed by atoms with Gasteiger partial charge in [0.25, 0.3) is 0 Å². The van der Waals surface area contributed by atoms with Crippen molar-refractivity contribution in [1.82, 2.24) is 25.1 Å². The van der Waals surface area contributed by atoms with Crippen LogP contribution in [-0.4, -0.2) is 100 Å². The van der Waals surface area contributed by atoms with Gasteiger partial charge in [0.2, 0.25) is 17.7 Å². The minimum absolute atomic E-state index is 0.0512. The average Bonchev–Trinajstić information content (AvgIpc) is 3.30. The van der Waals surface area contributed by atoms with Gasteiger partial charge in [-0.2, -0.15) is 0 Å². The van der Waals surface area contributed by atoms with Crippen molar-refractivity contribution in [3.63, 3.8) is 0 Å². The number of nitrogens with one attached hydrogen (secondary N) is 3. The molecular formula is C28H35IN6O5. The predicted molar refractivity (Wildman–Crippen MR) is 160 cm³/mol. The number of hydrogen-bond acceptors (Lipinski definition) is 7. The third-order valence-corrected chi connectivity index (χ3v) is 8.21. The number of aromatic amines is 1. The number of benzene rings is 1. The zero-order chi connectivity index (χ0) is 28.4. The number of nitrogens with zero attached hydrogens (tertiary/aromatic N) is 3. The van der Waals surface area contributed by atoms with Crippen LogP contribution >= 0.6 is 22.6 Å². The fourth-order valence-electron chi connectivity index (χ4n) is 5.61. The van der Waals surface area contributed by atoms with Crippen molar-refractivity contribution in [2.24, 2.45) is 5.92 Å². The lowest BCUT2D eigenvalue weighted by molar-refractivity contribution is -0.151. The molecule has 0 saturated carbocycles. The highest BCUT2D eigenvalue weighted by Crippen LogP contribution is 2.32. The van der Waals surface area contributed by atoms with Gasteiger partial charge >= 0.3 is 0 Å². The van der Waals surface area contributed by atoms with Crippen LogP contribution < -0.4 is 10.6 Å². The fraction of sp³-hybridized carbons (Fsp3) is 0.500. The third kappa shape index (κ3) is 6.24. The number of carbonyl (C=O) groups excluding carboxylic acids is 3. The monoisotopic (exact) mass is 662 g/mol. The SMILES string of the molecule is CC1(C)CN(CC(=O)N2CCCC(C(=O)NCCO)C2)[C@H](C(=O)Nc2cc(I)cc3c2[nH]c2cnccc23)CO1. The number of H-pyrrole nitrogens is 1. The molecule has 2 aliphatic rings. The van der Waals surface area contributed by atoms with Crippen molar-refractivity contribution < 1.29 is 24.2 Å². The number of aliphatic hydroxyl groups excluding tert-OH is 1. The van der Waals surface area contributed by atoms with Gasteiger partial charge in [-0.1, -0.05) is 0 Å². The van der Waals surface area contributed by atoms with Gasteiger partial charge in [0, 0.05) is 46.7 Å². The summed E-state index contributed by atoms with van der Waals surface area (Å²) in [6.07, 6.45) is 4.93. The Bertz CT molecular complexity index is 1420. The summed E-state index contributed by atoms with van der Waals surface area (Å²) >= 11 is 2.24. The number of morpholine rings is 1. The number of aromatic nitrogens is 2. The second-order valence-electron chi connectivity index (χ2n) is 11.1. The highest BCUT2D eigenvalue weighted by molar-refractivity contribution is 14.1. The number of anilines is 1. The summed E-state index contributed by atoms with van der Waals surface area (Å²) in [6.45, 7) is 5.49. The zero-order valence-electron chi connectivity index (χ0n) is 22.7. The summed E-state index contributed by atoms with van der Waals surface area (Å²) in [4.78, 5) is 50.7. The highest BCUT2D eigenvalue weighted by atomic mass is 127. The zero-order valence-corrected chi connectivity index (χ0v) is 24.9. The van der Waals surface area contributed by atoms with E-state index in [1.54, 1.807) is 17.3 Å². The quantitative estimate of drug-likeness (QED) is 0.284. The molecule has 2 atom stereocenters. The van der Waals surface area contributed by atoms with Crippen LogP contribution in [0.25, 0.3) is 21.8 Å². The van der Waals surface area contributed by atoms with E-state index < -0.39 is 11.6 Å². The number of ether oxygens (including phenoxy) is 1. The molecule has 4 N–H and O–H groups in total. The molecular weight excluding hydrogens is 627 g/mol. The van der Waals surface area contributed by atoms with Crippen LogP contribution in [0.4, 0.5) is 5.69 Å². The summed E-state index contributed by atoms with van der Waals surface area (Å²) < 4.78 is 7.00. The molecule has 5 rings (SSSR count). The summed E-state index contributed by atoms with van der Waals surface area (Å²) in [7, 11) is 0. The molecule has 2 saturated heterocycles. The van der Waals surface area contributed by atoms with Crippen molar-refractivity contribution in [1.29, 1.82) is 0 Å². The van der Waals surface area contributed by atoms with Gasteiger partial charge < -0.3 is 30.4 Å². The summed E-state index contributed by atoms with van der Waals surface area (Å²) in [6, 6.07) is 5.27. The van der Waals surface area contributed by atoms with Crippen molar-refractivity contribution in [3.8, 4) is 0 Å². The summed E-state index contributed by atoms with van der Waals surface area (Å²) in [5, 5.41) is 16.8. The average molecular weight is 663 g/mol. The van der Waals surface area contributed by atoms with Crippen LogP contribution in [0.5, 0.6) is 0 Å². The Balaban J connectivity index is 1.32. The first-order chi connectivity index (χ1) is 19.1. The molecule has 3 amide bonds. The van der Waals surface area contributed by atoms with Crippen molar-refractivity contribution in [2.45, 2.75) is 38.3 Å². The lowest BCUT2D eigenvalue weighted by atomic mass is 9.97. The summed E-state index contributed by atoms with van der Waals surface area (Å²) in [5.74, 6) is -0.815. The Hall–Kier alpha value is -2.81. The molecule has 3 aromatic rings. The molecule has 2 aliphatic heterocycles. The number of amides is 3. The van der Waals surface area contributed by atoms with Crippen LogP contribution in [0.2, 0.25) is 0 Å². The number of pyridine rings is 1. The van der Waals surface area contributed by atoms with E-state index in [1.807, 2.05) is 30.9 Å². The number of aliphatic hydroxyl groups is 1. The predicted octanol–water partition coefficient (Wildman–Crippen LogP) is 2.09. The first-order valence-corrected chi connectivity index (χ1v) is 14.6. The largest absolute Gasteiger partial charge is 0.395 e. The number of likely N-dealkylation sites (tertiary alicyclic amines) is 1. The maximum atomic E-state index is 13.7. The lowest BCUT2D eigenvalue weighted by Gasteiger charge is -2.43. The van der Waals surface area contributed by atoms with Crippen molar-refractivity contribution in [3.05, 3.63) is 34.2 Å². The molecule has 40 heavy (non-hydrogen) atoms. The number of carbonyl (C=O) groups is 3. The Labute approximate surface area is 246 Å². The molecule has 11 nitrogen and oxygen atoms in total. The highest BCUT2D eigenvalue weighted by Gasteiger charge is 2.40. The van der Waals surface area contributed by atoms with Crippen LogP contribution in [0.1, 0.15) is 26.7 Å². The van der Waals surface area contributed by atoms with E-state index in [1.165, 1.54) is 0 Å². The van der Waals surface area contributed by atoms with E-state index in [0.29, 0.717) is 31.7 Å². The van der Waals surface area contributed by atoms with Crippen molar-refractivity contribution >= 4 is 67.8 Å². The van der Waals surface area contributed by atoms with E-state index in [2.05, 4.69) is 49.3 Å². The van der Waals surface area contributed by atoms with Crippen LogP contribution in [0, 0.1) is 9.49 Å². The molecule has 1 aromatic carbocycles. The van der Waals surface area contributed by atoms with Crippen LogP contribution in [0.15, 0.2) is 30.6 Å². The Morgan fingerprint density at radius 1 is 1.25 bits per heavy atom. The second kappa shape index (κ2) is 12.0.